The zero-order valence-electron chi connectivity index (χ0n) is 8.29. The van der Waals surface area contributed by atoms with Crippen LogP contribution in [0.5, 0.6) is 0 Å². The summed E-state index contributed by atoms with van der Waals surface area (Å²) < 4.78 is 1.36. The average Bonchev–Trinajstić information content (AvgIpc) is 2.45. The summed E-state index contributed by atoms with van der Waals surface area (Å²) in [5.74, 6) is -0.449. The van der Waals surface area contributed by atoms with Gasteiger partial charge in [0.2, 0.25) is 5.91 Å². The van der Waals surface area contributed by atoms with E-state index in [9.17, 15) is 15.0 Å². The van der Waals surface area contributed by atoms with Gasteiger partial charge in [-0.05, 0) is 0 Å². The third-order valence-electron chi connectivity index (χ3n) is 2.11. The van der Waals surface area contributed by atoms with E-state index in [1.54, 1.807) is 7.05 Å². The predicted molar refractivity (Wildman–Crippen MR) is 52.4 cm³/mol. The maximum Gasteiger partial charge on any atom is 0.220 e. The van der Waals surface area contributed by atoms with Crippen LogP contribution in [-0.4, -0.2) is 32.0 Å². The lowest BCUT2D eigenvalue weighted by molar-refractivity contribution is -0.121. The Bertz CT molecular complexity index is 363. The van der Waals surface area contributed by atoms with Crippen molar-refractivity contribution in [3.05, 3.63) is 11.8 Å². The van der Waals surface area contributed by atoms with E-state index < -0.39 is 18.1 Å². The predicted octanol–water partition coefficient (Wildman–Crippen LogP) is -1.73. The maximum absolute atomic E-state index is 10.5. The lowest BCUT2D eigenvalue weighted by Crippen LogP contribution is -2.26. The summed E-state index contributed by atoms with van der Waals surface area (Å²) in [6.07, 6.45) is -1.51. The molecule has 1 amide bonds. The third-order valence-corrected chi connectivity index (χ3v) is 2.11. The van der Waals surface area contributed by atoms with Gasteiger partial charge < -0.3 is 21.7 Å². The number of aromatic nitrogens is 2. The van der Waals surface area contributed by atoms with Gasteiger partial charge in [0.25, 0.3) is 0 Å². The minimum absolute atomic E-state index is 0.242. The Labute approximate surface area is 86.3 Å². The molecule has 0 aliphatic carbocycles. The lowest BCUT2D eigenvalue weighted by atomic mass is 10.0. The van der Waals surface area contributed by atoms with E-state index in [4.69, 9.17) is 11.5 Å². The Kier molecular flexibility index (Phi) is 3.28. The number of rotatable bonds is 4. The number of nitrogen functional groups attached to an aromatic ring is 1. The fourth-order valence-electron chi connectivity index (χ4n) is 1.22. The van der Waals surface area contributed by atoms with Crippen molar-refractivity contribution in [2.24, 2.45) is 12.8 Å². The third kappa shape index (κ3) is 2.45. The molecule has 0 saturated carbocycles. The van der Waals surface area contributed by atoms with Gasteiger partial charge in [-0.1, -0.05) is 0 Å². The van der Waals surface area contributed by atoms with Crippen LogP contribution in [0.25, 0.3) is 0 Å². The number of carbonyl (C=O) groups excluding carboxylic acids is 1. The molecule has 7 heteroatoms. The van der Waals surface area contributed by atoms with Gasteiger partial charge in [-0.3, -0.25) is 9.48 Å². The molecule has 1 heterocycles. The number of aliphatic hydroxyl groups excluding tert-OH is 2. The van der Waals surface area contributed by atoms with Gasteiger partial charge in [0.1, 0.15) is 11.9 Å². The average molecular weight is 214 g/mol. The molecule has 0 bridgehead atoms. The van der Waals surface area contributed by atoms with E-state index in [-0.39, 0.29) is 17.8 Å². The van der Waals surface area contributed by atoms with Gasteiger partial charge in [-0.15, -0.1) is 0 Å². The molecule has 1 rings (SSSR count). The van der Waals surface area contributed by atoms with Crippen LogP contribution in [0, 0.1) is 0 Å². The molecule has 0 aliphatic heterocycles. The monoisotopic (exact) mass is 214 g/mol. The van der Waals surface area contributed by atoms with Crippen LogP contribution < -0.4 is 11.5 Å². The molecular formula is C8H14N4O3. The van der Waals surface area contributed by atoms with Crippen molar-refractivity contribution >= 4 is 11.7 Å². The van der Waals surface area contributed by atoms with Crippen LogP contribution in [0.15, 0.2) is 6.20 Å². The summed E-state index contributed by atoms with van der Waals surface area (Å²) in [5, 5.41) is 22.9. The number of aliphatic hydroxyl groups is 2. The number of amides is 1. The zero-order chi connectivity index (χ0) is 11.6. The van der Waals surface area contributed by atoms with E-state index in [1.807, 2.05) is 0 Å². The zero-order valence-corrected chi connectivity index (χ0v) is 8.29. The van der Waals surface area contributed by atoms with Gasteiger partial charge in [0.05, 0.1) is 18.7 Å². The molecule has 0 aliphatic rings. The Morgan fingerprint density at radius 3 is 2.67 bits per heavy atom. The number of primary amides is 1. The summed E-state index contributed by atoms with van der Waals surface area (Å²) in [6, 6.07) is 0. The Morgan fingerprint density at radius 1 is 1.67 bits per heavy atom. The standard InChI is InChI=1S/C8H14N4O3/c1-12-8(10)4(3-11-12)7(15)5(13)2-6(9)14/h3,5,7,13,15H,2,10H2,1H3,(H2,9,14). The molecule has 7 nitrogen and oxygen atoms in total. The topological polar surface area (TPSA) is 127 Å². The SMILES string of the molecule is Cn1ncc(C(O)C(O)CC(N)=O)c1N. The van der Waals surface area contributed by atoms with Crippen LogP contribution in [0.3, 0.4) is 0 Å². The fourth-order valence-corrected chi connectivity index (χ4v) is 1.22. The van der Waals surface area contributed by atoms with Crippen molar-refractivity contribution < 1.29 is 15.0 Å². The van der Waals surface area contributed by atoms with Crippen molar-refractivity contribution in [1.82, 2.24) is 9.78 Å². The number of hydrogen-bond donors (Lipinski definition) is 4. The number of aryl methyl sites for hydroxylation is 1. The largest absolute Gasteiger partial charge is 0.390 e. The van der Waals surface area contributed by atoms with Crippen LogP contribution in [0.4, 0.5) is 5.82 Å². The second-order valence-electron chi connectivity index (χ2n) is 3.29. The first-order valence-corrected chi connectivity index (χ1v) is 4.35. The molecule has 2 atom stereocenters. The highest BCUT2D eigenvalue weighted by Gasteiger charge is 2.24. The molecule has 1 aromatic heterocycles. The molecule has 2 unspecified atom stereocenters. The quantitative estimate of drug-likeness (QED) is 0.473. The normalized spacial score (nSPS) is 14.9. The van der Waals surface area contributed by atoms with E-state index in [0.29, 0.717) is 0 Å². The highest BCUT2D eigenvalue weighted by molar-refractivity contribution is 5.74. The molecule has 6 N–H and O–H groups in total. The van der Waals surface area contributed by atoms with E-state index >= 15 is 0 Å². The molecule has 84 valence electrons. The summed E-state index contributed by atoms with van der Waals surface area (Å²) in [5.41, 5.74) is 10.8. The molecule has 0 spiro atoms. The Morgan fingerprint density at radius 2 is 2.27 bits per heavy atom. The molecule has 0 radical (unpaired) electrons. The van der Waals surface area contributed by atoms with Crippen LogP contribution >= 0.6 is 0 Å². The number of anilines is 1. The van der Waals surface area contributed by atoms with Crippen molar-refractivity contribution in [1.29, 1.82) is 0 Å². The summed E-state index contributed by atoms with van der Waals surface area (Å²) in [7, 11) is 1.60. The minimum Gasteiger partial charge on any atom is -0.390 e. The van der Waals surface area contributed by atoms with Crippen LogP contribution in [0.1, 0.15) is 18.1 Å². The van der Waals surface area contributed by atoms with E-state index in [0.717, 1.165) is 0 Å². The molecule has 0 fully saturated rings. The van der Waals surface area contributed by atoms with Crippen molar-refractivity contribution in [2.75, 3.05) is 5.73 Å². The molecule has 1 aromatic rings. The van der Waals surface area contributed by atoms with Crippen LogP contribution in [0.2, 0.25) is 0 Å². The number of carbonyl (C=O) groups is 1. The van der Waals surface area contributed by atoms with Gasteiger partial charge in [0.15, 0.2) is 0 Å². The number of nitrogens with zero attached hydrogens (tertiary/aromatic N) is 2. The second-order valence-corrected chi connectivity index (χ2v) is 3.29. The fraction of sp³-hybridized carbons (Fsp3) is 0.500. The number of hydrogen-bond acceptors (Lipinski definition) is 5. The minimum atomic E-state index is -1.27. The first-order valence-electron chi connectivity index (χ1n) is 4.35. The lowest BCUT2D eigenvalue weighted by Gasteiger charge is -2.15. The highest BCUT2D eigenvalue weighted by atomic mass is 16.3. The van der Waals surface area contributed by atoms with Gasteiger partial charge in [-0.2, -0.15) is 5.10 Å². The Balaban J connectivity index is 2.80. The first kappa shape index (κ1) is 11.5. The van der Waals surface area contributed by atoms with E-state index in [2.05, 4.69) is 5.10 Å². The van der Waals surface area contributed by atoms with Gasteiger partial charge >= 0.3 is 0 Å². The second kappa shape index (κ2) is 4.28. The summed E-state index contributed by atoms with van der Waals surface area (Å²) in [4.78, 5) is 10.5. The van der Waals surface area contributed by atoms with Gasteiger partial charge in [0, 0.05) is 12.6 Å². The molecule has 0 saturated heterocycles. The van der Waals surface area contributed by atoms with Gasteiger partial charge in [-0.25, -0.2) is 0 Å². The molecule has 0 aromatic carbocycles. The van der Waals surface area contributed by atoms with E-state index in [1.165, 1.54) is 10.9 Å². The Hall–Kier alpha value is -1.60. The highest BCUT2D eigenvalue weighted by Crippen LogP contribution is 2.23. The molecule has 15 heavy (non-hydrogen) atoms. The molecular weight excluding hydrogens is 200 g/mol. The van der Waals surface area contributed by atoms with Crippen molar-refractivity contribution in [3.8, 4) is 0 Å². The summed E-state index contributed by atoms with van der Waals surface area (Å²) >= 11 is 0. The number of nitrogens with two attached hydrogens (primary N) is 2. The van der Waals surface area contributed by atoms with Crippen molar-refractivity contribution in [2.45, 2.75) is 18.6 Å². The maximum atomic E-state index is 10.5. The van der Waals surface area contributed by atoms with Crippen molar-refractivity contribution in [3.63, 3.8) is 0 Å². The summed E-state index contributed by atoms with van der Waals surface area (Å²) in [6.45, 7) is 0. The smallest absolute Gasteiger partial charge is 0.220 e. The first-order chi connectivity index (χ1) is 6.93. The van der Waals surface area contributed by atoms with Crippen LogP contribution in [-0.2, 0) is 11.8 Å².